The van der Waals surface area contributed by atoms with Gasteiger partial charge in [-0.1, -0.05) is 45.9 Å². The minimum absolute atomic E-state index is 0.0303. The van der Waals surface area contributed by atoms with Gasteiger partial charge in [-0.3, -0.25) is 9.59 Å². The van der Waals surface area contributed by atoms with Crippen LogP contribution in [0.1, 0.15) is 64.9 Å². The number of ketones is 2. The molecule has 2 aliphatic carbocycles. The maximum atomic E-state index is 13.8. The van der Waals surface area contributed by atoms with Gasteiger partial charge in [-0.25, -0.2) is 0 Å². The molecule has 40 heavy (non-hydrogen) atoms. The fourth-order valence-electron chi connectivity index (χ4n) is 6.23. The van der Waals surface area contributed by atoms with E-state index in [4.69, 9.17) is 8.92 Å². The topological polar surface area (TPSA) is 90.0 Å². The molecule has 7 nitrogen and oxygen atoms in total. The summed E-state index contributed by atoms with van der Waals surface area (Å²) >= 11 is 2.03. The molecule has 5 rings (SSSR count). The van der Waals surface area contributed by atoms with Crippen LogP contribution in [-0.2, 0) is 19.7 Å². The molecule has 2 aromatic carbocycles. The van der Waals surface area contributed by atoms with E-state index in [2.05, 4.69) is 32.6 Å². The van der Waals surface area contributed by atoms with Crippen LogP contribution in [0.5, 0.6) is 11.5 Å². The Kier molecular flexibility index (Phi) is 7.22. The van der Waals surface area contributed by atoms with Crippen LogP contribution in [0.25, 0.3) is 0 Å². The van der Waals surface area contributed by atoms with Gasteiger partial charge in [-0.05, 0) is 76.1 Å². The molecule has 2 aromatic rings. The Labute approximate surface area is 249 Å². The van der Waals surface area contributed by atoms with Crippen molar-refractivity contribution in [1.82, 2.24) is 4.90 Å². The van der Waals surface area contributed by atoms with Crippen LogP contribution in [0.2, 0.25) is 0 Å². The standard InChI is InChI=1S/C31H34INO6S/c1-30(2)14-21-27(23(34)16-30)26(28-22(33(21)5)15-31(3,4)17-24(28)35)18-12-20(32)29(25(13-18)38-6)39-40(36,37)19-10-8-7-9-11-19/h7-13,26H,14-17H2,1-6H3. The number of carbonyl (C=O) groups is 2. The average Bonchev–Trinajstić information content (AvgIpc) is 2.85. The monoisotopic (exact) mass is 675 g/mol. The van der Waals surface area contributed by atoms with Crippen molar-refractivity contribution in [2.45, 2.75) is 64.2 Å². The lowest BCUT2D eigenvalue weighted by Gasteiger charge is -2.48. The highest BCUT2D eigenvalue weighted by Gasteiger charge is 2.48. The maximum Gasteiger partial charge on any atom is 0.339 e. The molecule has 0 unspecified atom stereocenters. The van der Waals surface area contributed by atoms with Crippen molar-refractivity contribution in [3.8, 4) is 11.5 Å². The molecule has 0 fully saturated rings. The lowest BCUT2D eigenvalue weighted by Crippen LogP contribution is -2.43. The first kappa shape index (κ1) is 28.9. The maximum absolute atomic E-state index is 13.8. The number of halogens is 1. The molecular formula is C31H34INO6S. The zero-order valence-electron chi connectivity index (χ0n) is 23.6. The van der Waals surface area contributed by atoms with Crippen molar-refractivity contribution >= 4 is 44.3 Å². The zero-order valence-corrected chi connectivity index (χ0v) is 26.6. The first-order chi connectivity index (χ1) is 18.6. The van der Waals surface area contributed by atoms with Crippen molar-refractivity contribution in [2.75, 3.05) is 14.2 Å². The van der Waals surface area contributed by atoms with Crippen LogP contribution in [-0.4, -0.2) is 39.0 Å². The number of nitrogens with zero attached hydrogens (tertiary/aromatic N) is 1. The molecule has 3 aliphatic rings. The molecule has 0 bridgehead atoms. The van der Waals surface area contributed by atoms with Crippen LogP contribution >= 0.6 is 22.6 Å². The van der Waals surface area contributed by atoms with Gasteiger partial charge in [0.25, 0.3) is 0 Å². The molecule has 0 radical (unpaired) electrons. The Balaban J connectivity index is 1.68. The van der Waals surface area contributed by atoms with E-state index in [0.29, 0.717) is 33.1 Å². The molecule has 0 saturated heterocycles. The summed E-state index contributed by atoms with van der Waals surface area (Å²) in [6.07, 6.45) is 2.22. The number of carbonyl (C=O) groups excluding carboxylic acids is 2. The average molecular weight is 676 g/mol. The highest BCUT2D eigenvalue weighted by molar-refractivity contribution is 14.1. The number of allylic oxidation sites excluding steroid dienone is 4. The van der Waals surface area contributed by atoms with Crippen molar-refractivity contribution in [2.24, 2.45) is 10.8 Å². The SMILES string of the molecule is COc1cc(C2C3=C(CC(C)(C)CC3=O)N(C)C3=C2C(=O)CC(C)(C)C3)cc(I)c1OS(=O)(=O)c1ccccc1. The van der Waals surface area contributed by atoms with Crippen molar-refractivity contribution in [3.63, 3.8) is 0 Å². The van der Waals surface area contributed by atoms with E-state index < -0.39 is 16.0 Å². The summed E-state index contributed by atoms with van der Waals surface area (Å²) in [7, 11) is -0.693. The molecule has 1 aliphatic heterocycles. The number of hydrogen-bond donors (Lipinski definition) is 0. The predicted octanol–water partition coefficient (Wildman–Crippen LogP) is 6.38. The Bertz CT molecular complexity index is 1530. The summed E-state index contributed by atoms with van der Waals surface area (Å²) in [6.45, 7) is 8.40. The number of benzene rings is 2. The summed E-state index contributed by atoms with van der Waals surface area (Å²) in [6, 6.07) is 11.4. The Morgan fingerprint density at radius 2 is 1.40 bits per heavy atom. The van der Waals surface area contributed by atoms with Gasteiger partial charge >= 0.3 is 10.1 Å². The second-order valence-corrected chi connectivity index (χ2v) is 15.2. The number of rotatable bonds is 5. The first-order valence-corrected chi connectivity index (χ1v) is 15.8. The third-order valence-electron chi connectivity index (χ3n) is 7.99. The fourth-order valence-corrected chi connectivity index (χ4v) is 8.09. The summed E-state index contributed by atoms with van der Waals surface area (Å²) in [5.74, 6) is -0.201. The summed E-state index contributed by atoms with van der Waals surface area (Å²) in [4.78, 5) is 29.7. The van der Waals surface area contributed by atoms with Gasteiger partial charge in [0.1, 0.15) is 4.90 Å². The van der Waals surface area contributed by atoms with Crippen molar-refractivity contribution in [3.05, 3.63) is 74.1 Å². The quantitative estimate of drug-likeness (QED) is 0.268. The largest absolute Gasteiger partial charge is 0.493 e. The number of ether oxygens (including phenoxy) is 1. The molecule has 212 valence electrons. The number of hydrogen-bond acceptors (Lipinski definition) is 7. The van der Waals surface area contributed by atoms with Crippen molar-refractivity contribution < 1.29 is 26.9 Å². The molecule has 0 N–H and O–H groups in total. The van der Waals surface area contributed by atoms with Crippen molar-refractivity contribution in [1.29, 1.82) is 0 Å². The minimum atomic E-state index is -4.11. The summed E-state index contributed by atoms with van der Waals surface area (Å²) in [5.41, 5.74) is 3.52. The van der Waals surface area contributed by atoms with Crippen LogP contribution in [0, 0.1) is 14.4 Å². The zero-order chi connectivity index (χ0) is 29.2. The second-order valence-electron chi connectivity index (χ2n) is 12.5. The van der Waals surface area contributed by atoms with E-state index in [1.807, 2.05) is 35.7 Å². The second kappa shape index (κ2) is 10.0. The number of Topliss-reactive ketones (excluding diaryl/α,β-unsaturated/α-hetero) is 2. The Morgan fingerprint density at radius 3 is 1.90 bits per heavy atom. The van der Waals surface area contributed by atoms with E-state index in [0.717, 1.165) is 24.2 Å². The first-order valence-electron chi connectivity index (χ1n) is 13.3. The lowest BCUT2D eigenvalue weighted by atomic mass is 9.64. The van der Waals surface area contributed by atoms with Gasteiger partial charge < -0.3 is 13.8 Å². The Morgan fingerprint density at radius 1 is 0.875 bits per heavy atom. The molecule has 0 amide bonds. The molecule has 0 aromatic heterocycles. The predicted molar refractivity (Wildman–Crippen MR) is 161 cm³/mol. The fraction of sp³-hybridized carbons (Fsp3) is 0.419. The minimum Gasteiger partial charge on any atom is -0.493 e. The van der Waals surface area contributed by atoms with E-state index in [9.17, 15) is 18.0 Å². The molecule has 0 spiro atoms. The van der Waals surface area contributed by atoms with Gasteiger partial charge in [-0.2, -0.15) is 8.42 Å². The lowest BCUT2D eigenvalue weighted by molar-refractivity contribution is -0.119. The van der Waals surface area contributed by atoms with Crippen LogP contribution in [0.4, 0.5) is 0 Å². The van der Waals surface area contributed by atoms with Crippen LogP contribution in [0.3, 0.4) is 0 Å². The van der Waals surface area contributed by atoms with Gasteiger partial charge in [0, 0.05) is 48.3 Å². The highest BCUT2D eigenvalue weighted by atomic mass is 127. The third-order valence-corrected chi connectivity index (χ3v) is 10.0. The van der Waals surface area contributed by atoms with E-state index in [1.54, 1.807) is 24.3 Å². The summed E-state index contributed by atoms with van der Waals surface area (Å²) < 4.78 is 37.8. The highest BCUT2D eigenvalue weighted by Crippen LogP contribution is 2.54. The summed E-state index contributed by atoms with van der Waals surface area (Å²) in [5, 5.41) is 0. The molecule has 0 saturated carbocycles. The number of methoxy groups -OCH3 is 1. The normalized spacial score (nSPS) is 20.8. The Hall–Kier alpha value is -2.66. The van der Waals surface area contributed by atoms with Gasteiger partial charge in [0.15, 0.2) is 23.1 Å². The van der Waals surface area contributed by atoms with E-state index in [-0.39, 0.29) is 38.8 Å². The molecular weight excluding hydrogens is 641 g/mol. The molecule has 0 atom stereocenters. The van der Waals surface area contributed by atoms with Gasteiger partial charge in [-0.15, -0.1) is 0 Å². The third kappa shape index (κ3) is 5.11. The molecule has 9 heteroatoms. The van der Waals surface area contributed by atoms with Gasteiger partial charge in [0.05, 0.1) is 10.7 Å². The smallest absolute Gasteiger partial charge is 0.339 e. The van der Waals surface area contributed by atoms with Crippen LogP contribution < -0.4 is 8.92 Å². The molecule has 1 heterocycles. The van der Waals surface area contributed by atoms with Gasteiger partial charge in [0.2, 0.25) is 0 Å². The van der Waals surface area contributed by atoms with E-state index in [1.165, 1.54) is 19.2 Å². The van der Waals surface area contributed by atoms with E-state index >= 15 is 0 Å². The van der Waals surface area contributed by atoms with Crippen LogP contribution in [0.15, 0.2) is 69.9 Å².